The summed E-state index contributed by atoms with van der Waals surface area (Å²) in [6, 6.07) is 15.1. The minimum absolute atomic E-state index is 0.0109. The molecule has 0 saturated heterocycles. The number of hydrogen-bond acceptors (Lipinski definition) is 6. The van der Waals surface area contributed by atoms with Gasteiger partial charge >= 0.3 is 0 Å². The van der Waals surface area contributed by atoms with Crippen LogP contribution in [0.5, 0.6) is 5.75 Å². The number of nitrogens with one attached hydrogen (secondary N) is 1. The van der Waals surface area contributed by atoms with Crippen molar-refractivity contribution in [3.8, 4) is 5.75 Å². The number of fused-ring (bicyclic) bond motifs is 1. The summed E-state index contributed by atoms with van der Waals surface area (Å²) in [5.74, 6) is 2.01. The SMILES string of the molecule is CCOc1cccc(C2C(C(C)=O)=C(C)Nc3nc(SCc4ccccc4Cl)nn32)c1. The Morgan fingerprint density at radius 1 is 1.26 bits per heavy atom. The van der Waals surface area contributed by atoms with Crippen molar-refractivity contribution in [1.29, 1.82) is 0 Å². The molecule has 0 bridgehead atoms. The van der Waals surface area contributed by atoms with E-state index >= 15 is 0 Å². The summed E-state index contributed by atoms with van der Waals surface area (Å²) in [6.45, 7) is 5.99. The summed E-state index contributed by atoms with van der Waals surface area (Å²) in [5.41, 5.74) is 3.39. The maximum absolute atomic E-state index is 12.6. The first kappa shape index (κ1) is 21.5. The predicted molar refractivity (Wildman–Crippen MR) is 124 cm³/mol. The first-order chi connectivity index (χ1) is 15.0. The Bertz CT molecular complexity index is 1160. The van der Waals surface area contributed by atoms with E-state index < -0.39 is 0 Å². The van der Waals surface area contributed by atoms with Crippen LogP contribution in [0.3, 0.4) is 0 Å². The predicted octanol–water partition coefficient (Wildman–Crippen LogP) is 5.50. The number of carbonyl (C=O) groups is 1. The Morgan fingerprint density at radius 3 is 2.81 bits per heavy atom. The maximum atomic E-state index is 12.6. The van der Waals surface area contributed by atoms with E-state index in [1.54, 1.807) is 11.6 Å². The highest BCUT2D eigenvalue weighted by atomic mass is 35.5. The van der Waals surface area contributed by atoms with Crippen LogP contribution in [-0.4, -0.2) is 27.2 Å². The molecule has 0 aliphatic carbocycles. The molecule has 0 fully saturated rings. The van der Waals surface area contributed by atoms with Crippen LogP contribution in [0, 0.1) is 0 Å². The molecule has 2 aromatic carbocycles. The first-order valence-electron chi connectivity index (χ1n) is 10.0. The third-order valence-electron chi connectivity index (χ3n) is 5.01. The van der Waals surface area contributed by atoms with Crippen LogP contribution in [0.15, 0.2) is 65.0 Å². The molecule has 31 heavy (non-hydrogen) atoms. The molecule has 0 radical (unpaired) electrons. The lowest BCUT2D eigenvalue weighted by molar-refractivity contribution is -0.114. The van der Waals surface area contributed by atoms with Crippen molar-refractivity contribution in [2.75, 3.05) is 11.9 Å². The molecule has 1 aromatic heterocycles. The molecule has 8 heteroatoms. The highest BCUT2D eigenvalue weighted by Crippen LogP contribution is 2.38. The van der Waals surface area contributed by atoms with E-state index in [2.05, 4.69) is 10.3 Å². The third-order valence-corrected chi connectivity index (χ3v) is 6.27. The van der Waals surface area contributed by atoms with Crippen LogP contribution in [0.1, 0.15) is 37.9 Å². The molecule has 4 rings (SSSR count). The number of thioether (sulfide) groups is 1. The molecular weight excluding hydrogens is 432 g/mol. The lowest BCUT2D eigenvalue weighted by Crippen LogP contribution is -2.27. The van der Waals surface area contributed by atoms with Gasteiger partial charge in [-0.3, -0.25) is 4.79 Å². The van der Waals surface area contributed by atoms with E-state index in [1.807, 2.05) is 62.4 Å². The first-order valence-corrected chi connectivity index (χ1v) is 11.4. The normalized spacial score (nSPS) is 15.4. The standard InChI is InChI=1S/C23H23ClN4O2S/c1-4-30-18-10-7-9-16(12-18)21-20(15(3)29)14(2)25-22-26-23(27-28(21)22)31-13-17-8-5-6-11-19(17)24/h5-12,21H,4,13H2,1-3H3,(H,25,26,27). The number of allylic oxidation sites excluding steroid dienone is 2. The zero-order valence-electron chi connectivity index (χ0n) is 17.6. The third kappa shape index (κ3) is 4.48. The summed E-state index contributed by atoms with van der Waals surface area (Å²) in [7, 11) is 0. The Balaban J connectivity index is 1.70. The van der Waals surface area contributed by atoms with Gasteiger partial charge in [-0.2, -0.15) is 4.98 Å². The van der Waals surface area contributed by atoms with Crippen LogP contribution < -0.4 is 10.1 Å². The zero-order valence-corrected chi connectivity index (χ0v) is 19.1. The highest BCUT2D eigenvalue weighted by Gasteiger charge is 2.32. The molecule has 1 N–H and O–H groups in total. The van der Waals surface area contributed by atoms with Gasteiger partial charge in [-0.1, -0.05) is 53.7 Å². The zero-order chi connectivity index (χ0) is 22.0. The molecule has 2 heterocycles. The lowest BCUT2D eigenvalue weighted by Gasteiger charge is -2.28. The van der Waals surface area contributed by atoms with Gasteiger partial charge in [0.25, 0.3) is 0 Å². The Hall–Kier alpha value is -2.77. The van der Waals surface area contributed by atoms with Crippen LogP contribution >= 0.6 is 23.4 Å². The highest BCUT2D eigenvalue weighted by molar-refractivity contribution is 7.98. The second-order valence-corrected chi connectivity index (χ2v) is 8.52. The van der Waals surface area contributed by atoms with Gasteiger partial charge in [0.15, 0.2) is 5.78 Å². The number of rotatable bonds is 7. The van der Waals surface area contributed by atoms with Crippen LogP contribution in [0.25, 0.3) is 0 Å². The van der Waals surface area contributed by atoms with E-state index in [9.17, 15) is 4.79 Å². The molecule has 6 nitrogen and oxygen atoms in total. The number of halogens is 1. The molecular formula is C23H23ClN4O2S. The molecule has 1 atom stereocenters. The summed E-state index contributed by atoms with van der Waals surface area (Å²) >= 11 is 7.79. The number of benzene rings is 2. The van der Waals surface area contributed by atoms with E-state index in [4.69, 9.17) is 21.4 Å². The van der Waals surface area contributed by atoms with Crippen molar-refractivity contribution >= 4 is 35.1 Å². The molecule has 160 valence electrons. The average molecular weight is 455 g/mol. The molecule has 3 aromatic rings. The molecule has 1 aliphatic heterocycles. The van der Waals surface area contributed by atoms with E-state index in [-0.39, 0.29) is 11.8 Å². The van der Waals surface area contributed by atoms with Gasteiger partial charge in [0.2, 0.25) is 11.1 Å². The number of ether oxygens (including phenoxy) is 1. The van der Waals surface area contributed by atoms with Gasteiger partial charge < -0.3 is 10.1 Å². The van der Waals surface area contributed by atoms with Crippen molar-refractivity contribution < 1.29 is 9.53 Å². The fourth-order valence-corrected chi connectivity index (χ4v) is 4.77. The van der Waals surface area contributed by atoms with Crippen LogP contribution in [-0.2, 0) is 10.5 Å². The van der Waals surface area contributed by atoms with Gasteiger partial charge in [0.05, 0.1) is 6.61 Å². The van der Waals surface area contributed by atoms with Gasteiger partial charge in [-0.05, 0) is 50.1 Å². The molecule has 0 amide bonds. The second kappa shape index (κ2) is 9.16. The van der Waals surface area contributed by atoms with Gasteiger partial charge in [-0.25, -0.2) is 4.68 Å². The van der Waals surface area contributed by atoms with E-state index in [0.29, 0.717) is 29.0 Å². The minimum Gasteiger partial charge on any atom is -0.494 e. The lowest BCUT2D eigenvalue weighted by atomic mass is 9.93. The number of ketones is 1. The summed E-state index contributed by atoms with van der Waals surface area (Å²) < 4.78 is 7.45. The van der Waals surface area contributed by atoms with Crippen LogP contribution in [0.4, 0.5) is 5.95 Å². The molecule has 1 aliphatic rings. The van der Waals surface area contributed by atoms with Crippen molar-refractivity contribution in [2.24, 2.45) is 0 Å². The topological polar surface area (TPSA) is 69.0 Å². The van der Waals surface area contributed by atoms with E-state index in [0.717, 1.165) is 27.6 Å². The van der Waals surface area contributed by atoms with Crippen molar-refractivity contribution in [1.82, 2.24) is 14.8 Å². The van der Waals surface area contributed by atoms with Gasteiger partial charge in [-0.15, -0.1) is 5.10 Å². The number of anilines is 1. The quantitative estimate of drug-likeness (QED) is 0.475. The van der Waals surface area contributed by atoms with Crippen molar-refractivity contribution in [3.05, 3.63) is 76.0 Å². The number of Topliss-reactive ketones (excluding diaryl/α,β-unsaturated/α-hetero) is 1. The fourth-order valence-electron chi connectivity index (χ4n) is 3.66. The molecule has 0 saturated carbocycles. The summed E-state index contributed by atoms with van der Waals surface area (Å²) in [6.07, 6.45) is 0. The van der Waals surface area contributed by atoms with Gasteiger partial charge in [0.1, 0.15) is 11.8 Å². The number of carbonyl (C=O) groups excluding carboxylic acids is 1. The monoisotopic (exact) mass is 454 g/mol. The number of nitrogens with zero attached hydrogens (tertiary/aromatic N) is 3. The molecule has 1 unspecified atom stereocenters. The van der Waals surface area contributed by atoms with Crippen LogP contribution in [0.2, 0.25) is 5.02 Å². The second-order valence-electron chi connectivity index (χ2n) is 7.17. The number of hydrogen-bond donors (Lipinski definition) is 1. The summed E-state index contributed by atoms with van der Waals surface area (Å²) in [4.78, 5) is 17.2. The van der Waals surface area contributed by atoms with E-state index in [1.165, 1.54) is 11.8 Å². The average Bonchev–Trinajstić information content (AvgIpc) is 3.14. The Kier molecular flexibility index (Phi) is 6.34. The fraction of sp³-hybridized carbons (Fsp3) is 0.261. The van der Waals surface area contributed by atoms with Gasteiger partial charge in [0, 0.05) is 22.0 Å². The largest absolute Gasteiger partial charge is 0.494 e. The Morgan fingerprint density at radius 2 is 2.06 bits per heavy atom. The minimum atomic E-state index is -0.378. The smallest absolute Gasteiger partial charge is 0.227 e. The Labute approximate surface area is 190 Å². The van der Waals surface area contributed by atoms with Crippen molar-refractivity contribution in [2.45, 2.75) is 37.7 Å². The molecule has 0 spiro atoms. The van der Waals surface area contributed by atoms with Crippen molar-refractivity contribution in [3.63, 3.8) is 0 Å². The summed E-state index contributed by atoms with van der Waals surface area (Å²) in [5, 5.41) is 9.31. The maximum Gasteiger partial charge on any atom is 0.227 e. The number of aromatic nitrogens is 3.